The second-order valence-corrected chi connectivity index (χ2v) is 8.47. The number of nitrogens with one attached hydrogen (secondary N) is 1. The molecule has 0 bridgehead atoms. The molecule has 2 heterocycles. The molecule has 0 amide bonds. The summed E-state index contributed by atoms with van der Waals surface area (Å²) in [5.74, 6) is 0.273. The Labute approximate surface area is 165 Å². The van der Waals surface area contributed by atoms with Gasteiger partial charge < -0.3 is 9.84 Å². The Morgan fingerprint density at radius 3 is 2.81 bits per heavy atom. The predicted molar refractivity (Wildman–Crippen MR) is 104 cm³/mol. The van der Waals surface area contributed by atoms with E-state index < -0.39 is 16.1 Å². The molecule has 27 heavy (non-hydrogen) atoms. The van der Waals surface area contributed by atoms with Crippen LogP contribution in [0.25, 0.3) is 0 Å². The Morgan fingerprint density at radius 2 is 2.07 bits per heavy atom. The Kier molecular flexibility index (Phi) is 5.66. The van der Waals surface area contributed by atoms with E-state index >= 15 is 0 Å². The molecule has 0 fully saturated rings. The highest BCUT2D eigenvalue weighted by Crippen LogP contribution is 2.31. The lowest BCUT2D eigenvalue weighted by Gasteiger charge is -2.11. The third-order valence-electron chi connectivity index (χ3n) is 3.82. The second-order valence-electron chi connectivity index (χ2n) is 5.55. The highest BCUT2D eigenvalue weighted by Gasteiger charge is 2.22. The molecule has 1 aromatic carbocycles. The average Bonchev–Trinajstić information content (AvgIpc) is 3.10. The Hall–Kier alpha value is -2.20. The van der Waals surface area contributed by atoms with Crippen molar-refractivity contribution in [3.63, 3.8) is 0 Å². The van der Waals surface area contributed by atoms with Gasteiger partial charge in [-0.25, -0.2) is 18.4 Å². The Balaban J connectivity index is 1.87. The van der Waals surface area contributed by atoms with Crippen molar-refractivity contribution in [2.75, 3.05) is 11.8 Å². The van der Waals surface area contributed by atoms with Gasteiger partial charge in [-0.2, -0.15) is 0 Å². The van der Waals surface area contributed by atoms with Gasteiger partial charge in [0.25, 0.3) is 10.0 Å². The van der Waals surface area contributed by atoms with Gasteiger partial charge in [0.15, 0.2) is 5.13 Å². The minimum atomic E-state index is -3.86. The van der Waals surface area contributed by atoms with Gasteiger partial charge in [-0.05, 0) is 36.8 Å². The zero-order valence-corrected chi connectivity index (χ0v) is 16.8. The summed E-state index contributed by atoms with van der Waals surface area (Å²) in [4.78, 5) is 8.29. The molecule has 7 nitrogen and oxygen atoms in total. The van der Waals surface area contributed by atoms with Gasteiger partial charge >= 0.3 is 0 Å². The number of halogens is 1. The van der Waals surface area contributed by atoms with Crippen LogP contribution in [0.4, 0.5) is 5.13 Å². The van der Waals surface area contributed by atoms with Gasteiger partial charge in [0.2, 0.25) is 5.88 Å². The van der Waals surface area contributed by atoms with E-state index in [4.69, 9.17) is 16.3 Å². The third-order valence-corrected chi connectivity index (χ3v) is 6.62. The van der Waals surface area contributed by atoms with Crippen molar-refractivity contribution in [1.82, 2.24) is 9.97 Å². The number of aliphatic hydroxyl groups is 1. The Morgan fingerprint density at radius 1 is 1.30 bits per heavy atom. The maximum absolute atomic E-state index is 12.6. The SMILES string of the molecule is COc1ncccc1C(O)c1csc(NS(=O)(=O)c2cccc(Cl)c2C)n1. The van der Waals surface area contributed by atoms with Gasteiger partial charge in [-0.15, -0.1) is 11.3 Å². The zero-order valence-electron chi connectivity index (χ0n) is 14.4. The quantitative estimate of drug-likeness (QED) is 0.627. The summed E-state index contributed by atoms with van der Waals surface area (Å²) in [5, 5.41) is 12.6. The molecule has 0 spiro atoms. The number of methoxy groups -OCH3 is 1. The largest absolute Gasteiger partial charge is 0.481 e. The first-order chi connectivity index (χ1) is 12.8. The maximum Gasteiger partial charge on any atom is 0.263 e. The number of sulfonamides is 1. The van der Waals surface area contributed by atoms with Crippen molar-refractivity contribution in [1.29, 1.82) is 0 Å². The van der Waals surface area contributed by atoms with Crippen molar-refractivity contribution >= 4 is 38.1 Å². The lowest BCUT2D eigenvalue weighted by Crippen LogP contribution is -2.14. The molecular formula is C17H16ClN3O4S2. The van der Waals surface area contributed by atoms with E-state index in [0.717, 1.165) is 11.3 Å². The number of hydrogen-bond acceptors (Lipinski definition) is 7. The molecule has 3 rings (SSSR count). The van der Waals surface area contributed by atoms with E-state index in [1.165, 1.54) is 13.2 Å². The fourth-order valence-electron chi connectivity index (χ4n) is 2.45. The van der Waals surface area contributed by atoms with Crippen LogP contribution < -0.4 is 9.46 Å². The minimum absolute atomic E-state index is 0.0706. The molecule has 0 saturated carbocycles. The molecule has 10 heteroatoms. The van der Waals surface area contributed by atoms with Crippen molar-refractivity contribution in [3.05, 3.63) is 63.8 Å². The molecule has 0 aliphatic heterocycles. The molecule has 1 atom stereocenters. The van der Waals surface area contributed by atoms with E-state index in [1.54, 1.807) is 42.8 Å². The third kappa shape index (κ3) is 4.06. The smallest absolute Gasteiger partial charge is 0.263 e. The number of anilines is 1. The first kappa shape index (κ1) is 19.6. The molecule has 2 N–H and O–H groups in total. The fourth-order valence-corrected chi connectivity index (χ4v) is 4.93. The molecular weight excluding hydrogens is 410 g/mol. The van der Waals surface area contributed by atoms with Crippen LogP contribution in [0.5, 0.6) is 5.88 Å². The van der Waals surface area contributed by atoms with Gasteiger partial charge in [-0.3, -0.25) is 4.72 Å². The number of ether oxygens (including phenoxy) is 1. The summed E-state index contributed by atoms with van der Waals surface area (Å²) >= 11 is 7.07. The summed E-state index contributed by atoms with van der Waals surface area (Å²) in [7, 11) is -2.41. The predicted octanol–water partition coefficient (Wildman–Crippen LogP) is 3.39. The highest BCUT2D eigenvalue weighted by atomic mass is 35.5. The van der Waals surface area contributed by atoms with Crippen LogP contribution in [0.3, 0.4) is 0 Å². The van der Waals surface area contributed by atoms with E-state index in [2.05, 4.69) is 14.7 Å². The zero-order chi connectivity index (χ0) is 19.6. The van der Waals surface area contributed by atoms with Gasteiger partial charge in [0.05, 0.1) is 17.7 Å². The number of thiazole rings is 1. The van der Waals surface area contributed by atoms with Crippen LogP contribution >= 0.6 is 22.9 Å². The standard InChI is InChI=1S/C17H16ClN3O4S2/c1-10-12(18)6-3-7-14(10)27(23,24)21-17-20-13(9-26-17)15(22)11-5-4-8-19-16(11)25-2/h3-9,15,22H,1-2H3,(H,20,21). The number of rotatable bonds is 6. The number of aromatic nitrogens is 2. The van der Waals surface area contributed by atoms with Crippen molar-refractivity contribution < 1.29 is 18.3 Å². The minimum Gasteiger partial charge on any atom is -0.481 e. The molecule has 0 saturated heterocycles. The number of nitrogens with zero attached hydrogens (tertiary/aromatic N) is 2. The van der Waals surface area contributed by atoms with E-state index in [-0.39, 0.29) is 21.6 Å². The summed E-state index contributed by atoms with van der Waals surface area (Å²) in [6, 6.07) is 7.98. The first-order valence-electron chi connectivity index (χ1n) is 7.74. The topological polar surface area (TPSA) is 101 Å². The fraction of sp³-hybridized carbons (Fsp3) is 0.176. The first-order valence-corrected chi connectivity index (χ1v) is 10.5. The highest BCUT2D eigenvalue weighted by molar-refractivity contribution is 7.93. The van der Waals surface area contributed by atoms with E-state index in [1.807, 2.05) is 0 Å². The molecule has 2 aromatic heterocycles. The van der Waals surface area contributed by atoms with Crippen LogP contribution in [0.2, 0.25) is 5.02 Å². The van der Waals surface area contributed by atoms with Crippen LogP contribution in [-0.4, -0.2) is 30.6 Å². The number of hydrogen-bond donors (Lipinski definition) is 2. The summed E-state index contributed by atoms with van der Waals surface area (Å²) in [6.07, 6.45) is 0.444. The Bertz CT molecular complexity index is 1070. The van der Waals surface area contributed by atoms with Crippen LogP contribution in [0.1, 0.15) is 22.9 Å². The molecule has 1 unspecified atom stereocenters. The number of aliphatic hydroxyl groups excluding tert-OH is 1. The van der Waals surface area contributed by atoms with Crippen molar-refractivity contribution in [2.24, 2.45) is 0 Å². The van der Waals surface area contributed by atoms with Crippen LogP contribution in [-0.2, 0) is 10.0 Å². The van der Waals surface area contributed by atoms with Gasteiger partial charge in [0, 0.05) is 22.2 Å². The van der Waals surface area contributed by atoms with Gasteiger partial charge in [-0.1, -0.05) is 17.7 Å². The average molecular weight is 426 g/mol. The van der Waals surface area contributed by atoms with Crippen LogP contribution in [0.15, 0.2) is 46.8 Å². The monoisotopic (exact) mass is 425 g/mol. The van der Waals surface area contributed by atoms with Crippen molar-refractivity contribution in [2.45, 2.75) is 17.9 Å². The summed E-state index contributed by atoms with van der Waals surface area (Å²) in [5.41, 5.74) is 1.17. The maximum atomic E-state index is 12.6. The van der Waals surface area contributed by atoms with Gasteiger partial charge in [0.1, 0.15) is 6.10 Å². The molecule has 0 radical (unpaired) electrons. The lowest BCUT2D eigenvalue weighted by molar-refractivity contribution is 0.209. The molecule has 0 aliphatic rings. The second kappa shape index (κ2) is 7.81. The van der Waals surface area contributed by atoms with Crippen LogP contribution in [0, 0.1) is 6.92 Å². The van der Waals surface area contributed by atoms with Crippen molar-refractivity contribution in [3.8, 4) is 5.88 Å². The van der Waals surface area contributed by atoms with E-state index in [9.17, 15) is 13.5 Å². The number of pyridine rings is 1. The molecule has 0 aliphatic carbocycles. The normalized spacial score (nSPS) is 12.6. The molecule has 3 aromatic rings. The number of benzene rings is 1. The lowest BCUT2D eigenvalue weighted by atomic mass is 10.1. The summed E-state index contributed by atoms with van der Waals surface area (Å²) < 4.78 is 32.8. The molecule has 142 valence electrons. The summed E-state index contributed by atoms with van der Waals surface area (Å²) in [6.45, 7) is 1.63. The van der Waals surface area contributed by atoms with E-state index in [0.29, 0.717) is 16.1 Å².